The molecule has 0 aliphatic heterocycles. The molecular formula is C22H19FN2O4S. The summed E-state index contributed by atoms with van der Waals surface area (Å²) in [6.07, 6.45) is 0. The number of nitrogens with two attached hydrogens (primary N) is 1. The number of amides is 1. The van der Waals surface area contributed by atoms with Crippen LogP contribution in [0.25, 0.3) is 10.9 Å². The largest absolute Gasteiger partial charge is 0.508 e. The lowest BCUT2D eigenvalue weighted by Crippen LogP contribution is -2.10. The van der Waals surface area contributed by atoms with Gasteiger partial charge in [0.05, 0.1) is 12.1 Å². The molecule has 154 valence electrons. The van der Waals surface area contributed by atoms with Gasteiger partial charge in [-0.05, 0) is 60.8 Å². The van der Waals surface area contributed by atoms with Gasteiger partial charge in [-0.25, -0.2) is 9.18 Å². The first kappa shape index (κ1) is 21.1. The maximum absolute atomic E-state index is 12.2. The molecule has 0 saturated carbocycles. The number of aromatic carboxylic acids is 1. The second kappa shape index (κ2) is 8.79. The molecule has 2 aromatic heterocycles. The summed E-state index contributed by atoms with van der Waals surface area (Å²) in [6, 6.07) is 13.9. The van der Waals surface area contributed by atoms with Crippen molar-refractivity contribution in [2.24, 2.45) is 5.73 Å². The molecule has 4 aromatic rings. The van der Waals surface area contributed by atoms with Crippen molar-refractivity contribution in [1.29, 1.82) is 0 Å². The molecule has 8 heteroatoms. The number of hydrogen-bond donors (Lipinski definition) is 3. The van der Waals surface area contributed by atoms with Crippen LogP contribution in [0.2, 0.25) is 0 Å². The van der Waals surface area contributed by atoms with Crippen LogP contribution in [0.5, 0.6) is 5.75 Å². The molecule has 0 atom stereocenters. The van der Waals surface area contributed by atoms with E-state index in [1.165, 1.54) is 30.3 Å². The number of thiophene rings is 1. The van der Waals surface area contributed by atoms with Crippen LogP contribution in [0.15, 0.2) is 60.0 Å². The number of carbonyl (C=O) groups is 2. The highest BCUT2D eigenvalue weighted by atomic mass is 32.1. The number of phenols is 1. The first-order chi connectivity index (χ1) is 14.3. The number of hydrogen-bond acceptors (Lipinski definition) is 4. The van der Waals surface area contributed by atoms with Crippen molar-refractivity contribution in [3.8, 4) is 5.75 Å². The zero-order valence-electron chi connectivity index (χ0n) is 16.0. The van der Waals surface area contributed by atoms with Crippen LogP contribution >= 0.6 is 11.3 Å². The van der Waals surface area contributed by atoms with Crippen LogP contribution in [0.1, 0.15) is 31.3 Å². The fraction of sp³-hybridized carbons (Fsp3) is 0.0909. The van der Waals surface area contributed by atoms with E-state index < -0.39 is 11.9 Å². The van der Waals surface area contributed by atoms with Crippen molar-refractivity contribution in [2.75, 3.05) is 0 Å². The molecule has 4 N–H and O–H groups in total. The van der Waals surface area contributed by atoms with Gasteiger partial charge in [0.1, 0.15) is 11.6 Å². The molecule has 2 heterocycles. The third kappa shape index (κ3) is 4.49. The standard InChI is InChI=1S/C15H13NO3S.C7H6FNO/c1-9-14(15(18)19)12-7-10(17)4-5-13(12)16(9)8-11-3-2-6-20-11;8-6-3-1-5(2-4-6)7(9)10/h2-7,17H,8H2,1H3,(H,18,19);1-4H,(H2,9,10). The highest BCUT2D eigenvalue weighted by Crippen LogP contribution is 2.30. The van der Waals surface area contributed by atoms with E-state index in [4.69, 9.17) is 5.73 Å². The van der Waals surface area contributed by atoms with E-state index in [9.17, 15) is 24.2 Å². The Balaban J connectivity index is 0.000000216. The van der Waals surface area contributed by atoms with E-state index in [1.807, 2.05) is 22.1 Å². The summed E-state index contributed by atoms with van der Waals surface area (Å²) in [4.78, 5) is 23.0. The van der Waals surface area contributed by atoms with Gasteiger partial charge in [-0.3, -0.25) is 4.79 Å². The molecule has 0 saturated heterocycles. The molecule has 4 rings (SSSR count). The van der Waals surface area contributed by atoms with Crippen LogP contribution in [-0.4, -0.2) is 26.7 Å². The van der Waals surface area contributed by atoms with Crippen LogP contribution in [0.3, 0.4) is 0 Å². The SMILES string of the molecule is Cc1c(C(=O)O)c2cc(O)ccc2n1Cc1cccs1.NC(=O)c1ccc(F)cc1. The molecular weight excluding hydrogens is 407 g/mol. The van der Waals surface area contributed by atoms with Crippen molar-refractivity contribution >= 4 is 34.1 Å². The van der Waals surface area contributed by atoms with Crippen LogP contribution < -0.4 is 5.73 Å². The van der Waals surface area contributed by atoms with Gasteiger partial charge >= 0.3 is 5.97 Å². The number of primary amides is 1. The smallest absolute Gasteiger partial charge is 0.338 e. The Labute approximate surface area is 175 Å². The van der Waals surface area contributed by atoms with Gasteiger partial charge in [0.25, 0.3) is 0 Å². The summed E-state index contributed by atoms with van der Waals surface area (Å²) in [7, 11) is 0. The summed E-state index contributed by atoms with van der Waals surface area (Å²) in [5, 5.41) is 21.6. The van der Waals surface area contributed by atoms with Crippen molar-refractivity contribution in [3.05, 3.63) is 87.5 Å². The maximum Gasteiger partial charge on any atom is 0.338 e. The normalized spacial score (nSPS) is 10.5. The van der Waals surface area contributed by atoms with Gasteiger partial charge < -0.3 is 20.5 Å². The van der Waals surface area contributed by atoms with Crippen molar-refractivity contribution in [2.45, 2.75) is 13.5 Å². The molecule has 0 unspecified atom stereocenters. The van der Waals surface area contributed by atoms with Crippen LogP contribution in [0.4, 0.5) is 4.39 Å². The quantitative estimate of drug-likeness (QED) is 0.450. The number of fused-ring (bicyclic) bond motifs is 1. The average Bonchev–Trinajstić information content (AvgIpc) is 3.29. The van der Waals surface area contributed by atoms with E-state index in [0.717, 1.165) is 10.4 Å². The van der Waals surface area contributed by atoms with Crippen LogP contribution in [-0.2, 0) is 6.54 Å². The van der Waals surface area contributed by atoms with E-state index in [0.29, 0.717) is 23.2 Å². The third-order valence-corrected chi connectivity index (χ3v) is 5.40. The summed E-state index contributed by atoms with van der Waals surface area (Å²) in [5.41, 5.74) is 7.01. The van der Waals surface area contributed by atoms with Gasteiger partial charge in [0, 0.05) is 27.0 Å². The number of aromatic hydroxyl groups is 1. The van der Waals surface area contributed by atoms with Crippen molar-refractivity contribution < 1.29 is 24.2 Å². The molecule has 30 heavy (non-hydrogen) atoms. The van der Waals surface area contributed by atoms with Gasteiger partial charge in [-0.1, -0.05) is 6.07 Å². The summed E-state index contributed by atoms with van der Waals surface area (Å²) in [6.45, 7) is 2.44. The van der Waals surface area contributed by atoms with Crippen molar-refractivity contribution in [1.82, 2.24) is 4.57 Å². The number of carbonyl (C=O) groups excluding carboxylic acids is 1. The van der Waals surface area contributed by atoms with E-state index in [1.54, 1.807) is 30.4 Å². The van der Waals surface area contributed by atoms with E-state index in [2.05, 4.69) is 0 Å². The first-order valence-corrected chi connectivity index (χ1v) is 9.78. The lowest BCUT2D eigenvalue weighted by atomic mass is 10.1. The molecule has 0 radical (unpaired) electrons. The van der Waals surface area contributed by atoms with Gasteiger partial charge in [0.15, 0.2) is 0 Å². The molecule has 0 bridgehead atoms. The number of carboxylic acids is 1. The molecule has 0 aliphatic rings. The Morgan fingerprint density at radius 3 is 2.40 bits per heavy atom. The predicted octanol–water partition coefficient (Wildman–Crippen LogP) is 4.39. The monoisotopic (exact) mass is 426 g/mol. The first-order valence-electron chi connectivity index (χ1n) is 8.90. The minimum Gasteiger partial charge on any atom is -0.508 e. The zero-order chi connectivity index (χ0) is 21.8. The number of rotatable bonds is 4. The molecule has 0 fully saturated rings. The Bertz CT molecular complexity index is 1200. The van der Waals surface area contributed by atoms with Gasteiger partial charge in [-0.2, -0.15) is 0 Å². The fourth-order valence-electron chi connectivity index (χ4n) is 3.12. The number of carboxylic acid groups (broad SMARTS) is 1. The van der Waals surface area contributed by atoms with E-state index in [-0.39, 0.29) is 17.1 Å². The Hall–Kier alpha value is -3.65. The number of aromatic nitrogens is 1. The van der Waals surface area contributed by atoms with Gasteiger partial charge in [0.2, 0.25) is 5.91 Å². The lowest BCUT2D eigenvalue weighted by Gasteiger charge is -2.06. The maximum atomic E-state index is 12.2. The lowest BCUT2D eigenvalue weighted by molar-refractivity contribution is 0.0697. The van der Waals surface area contributed by atoms with Gasteiger partial charge in [-0.15, -0.1) is 11.3 Å². The van der Waals surface area contributed by atoms with E-state index >= 15 is 0 Å². The Morgan fingerprint density at radius 2 is 1.83 bits per heavy atom. The van der Waals surface area contributed by atoms with Crippen LogP contribution in [0, 0.1) is 12.7 Å². The number of phenolic OH excluding ortho intramolecular Hbond substituents is 1. The average molecular weight is 426 g/mol. The predicted molar refractivity (Wildman–Crippen MR) is 114 cm³/mol. The highest BCUT2D eigenvalue weighted by molar-refractivity contribution is 7.09. The Kier molecular flexibility index (Phi) is 6.17. The highest BCUT2D eigenvalue weighted by Gasteiger charge is 2.19. The fourth-order valence-corrected chi connectivity index (χ4v) is 3.81. The molecule has 0 aliphatic carbocycles. The topological polar surface area (TPSA) is 106 Å². The number of benzene rings is 2. The summed E-state index contributed by atoms with van der Waals surface area (Å²) < 4.78 is 14.2. The molecule has 2 aromatic carbocycles. The molecule has 0 spiro atoms. The molecule has 1 amide bonds. The Morgan fingerprint density at radius 1 is 1.13 bits per heavy atom. The second-order valence-electron chi connectivity index (χ2n) is 6.50. The number of halogens is 1. The second-order valence-corrected chi connectivity index (χ2v) is 7.54. The minimum absolute atomic E-state index is 0.0771. The third-order valence-electron chi connectivity index (χ3n) is 4.54. The number of nitrogens with zero attached hydrogens (tertiary/aromatic N) is 1. The summed E-state index contributed by atoms with van der Waals surface area (Å²) in [5.74, 6) is -1.80. The zero-order valence-corrected chi connectivity index (χ0v) is 16.8. The molecule has 6 nitrogen and oxygen atoms in total. The minimum atomic E-state index is -0.969. The summed E-state index contributed by atoms with van der Waals surface area (Å²) >= 11 is 1.64. The van der Waals surface area contributed by atoms with Crippen molar-refractivity contribution in [3.63, 3.8) is 0 Å².